The summed E-state index contributed by atoms with van der Waals surface area (Å²) in [6, 6.07) is 0.00813. The third-order valence-electron chi connectivity index (χ3n) is 5.43. The van der Waals surface area contributed by atoms with Gasteiger partial charge in [0.15, 0.2) is 0 Å². The van der Waals surface area contributed by atoms with Crippen molar-refractivity contribution in [3.8, 4) is 0 Å². The third-order valence-corrected chi connectivity index (χ3v) is 5.43. The first-order chi connectivity index (χ1) is 12.1. The van der Waals surface area contributed by atoms with E-state index in [0.29, 0.717) is 17.9 Å². The molecule has 0 saturated heterocycles. The Morgan fingerprint density at radius 1 is 0.962 bits per heavy atom. The molecular formula is C18H31F3N2O3. The molecule has 5 nitrogen and oxygen atoms in total. The Balaban J connectivity index is 0.000000412. The summed E-state index contributed by atoms with van der Waals surface area (Å²) in [7, 11) is 0. The molecule has 152 valence electrons. The lowest BCUT2D eigenvalue weighted by atomic mass is 9.82. The van der Waals surface area contributed by atoms with Gasteiger partial charge in [-0.15, -0.1) is 0 Å². The first kappa shape index (κ1) is 22.7. The third kappa shape index (κ3) is 7.93. The molecule has 0 aromatic carbocycles. The number of carboxylic acids is 1. The number of hydrogen-bond acceptors (Lipinski definition) is 3. The zero-order valence-corrected chi connectivity index (χ0v) is 15.4. The van der Waals surface area contributed by atoms with E-state index in [0.717, 1.165) is 12.8 Å². The number of nitrogens with two attached hydrogens (primary N) is 1. The number of carbonyl (C=O) groups is 2. The normalized spacial score (nSPS) is 21.9. The standard InChI is InChI=1S/C16H30N2O.C2HF3O2/c1-12(13-8-4-2-5-9-13)18-16(19)15(17)14-10-6-3-7-11-14;3-2(4,5)1(6)7/h12-15H,2-11,17H2,1H3,(H,18,19);(H,6,7). The fraction of sp³-hybridized carbons (Fsp3) is 0.889. The quantitative estimate of drug-likeness (QED) is 0.695. The van der Waals surface area contributed by atoms with Gasteiger partial charge in [-0.25, -0.2) is 4.79 Å². The molecule has 2 unspecified atom stereocenters. The number of amides is 1. The van der Waals surface area contributed by atoms with Gasteiger partial charge in [-0.3, -0.25) is 4.79 Å². The largest absolute Gasteiger partial charge is 0.490 e. The van der Waals surface area contributed by atoms with E-state index in [2.05, 4.69) is 12.2 Å². The molecule has 8 heteroatoms. The highest BCUT2D eigenvalue weighted by Gasteiger charge is 2.38. The van der Waals surface area contributed by atoms with E-state index in [4.69, 9.17) is 15.6 Å². The number of carbonyl (C=O) groups excluding carboxylic acids is 1. The molecule has 4 N–H and O–H groups in total. The van der Waals surface area contributed by atoms with Crippen molar-refractivity contribution >= 4 is 11.9 Å². The average Bonchev–Trinajstić information content (AvgIpc) is 2.62. The van der Waals surface area contributed by atoms with Crippen molar-refractivity contribution in [2.24, 2.45) is 17.6 Å². The van der Waals surface area contributed by atoms with Gasteiger partial charge < -0.3 is 16.2 Å². The van der Waals surface area contributed by atoms with Gasteiger partial charge in [-0.1, -0.05) is 38.5 Å². The molecule has 1 amide bonds. The lowest BCUT2D eigenvalue weighted by molar-refractivity contribution is -0.192. The summed E-state index contributed by atoms with van der Waals surface area (Å²) in [5.74, 6) is -1.60. The number of nitrogens with one attached hydrogen (secondary N) is 1. The molecular weight excluding hydrogens is 349 g/mol. The van der Waals surface area contributed by atoms with Gasteiger partial charge in [-0.05, 0) is 44.4 Å². The number of carboxylic acid groups (broad SMARTS) is 1. The van der Waals surface area contributed by atoms with Gasteiger partial charge in [0.2, 0.25) is 5.91 Å². The molecule has 0 aliphatic heterocycles. The van der Waals surface area contributed by atoms with Gasteiger partial charge in [0.1, 0.15) is 0 Å². The number of aliphatic carboxylic acids is 1. The molecule has 2 fully saturated rings. The van der Waals surface area contributed by atoms with E-state index in [1.165, 1.54) is 51.4 Å². The van der Waals surface area contributed by atoms with Crippen LogP contribution in [0.25, 0.3) is 0 Å². The zero-order chi connectivity index (χ0) is 19.7. The first-order valence-electron chi connectivity index (χ1n) is 9.49. The van der Waals surface area contributed by atoms with Crippen LogP contribution in [-0.4, -0.2) is 35.2 Å². The second-order valence-electron chi connectivity index (χ2n) is 7.42. The molecule has 0 spiro atoms. The van der Waals surface area contributed by atoms with E-state index in [9.17, 15) is 18.0 Å². The van der Waals surface area contributed by atoms with Crippen LogP contribution in [0.5, 0.6) is 0 Å². The predicted molar refractivity (Wildman–Crippen MR) is 92.4 cm³/mol. The predicted octanol–water partition coefficient (Wildman–Crippen LogP) is 3.61. The van der Waals surface area contributed by atoms with Crippen molar-refractivity contribution in [2.45, 2.75) is 89.4 Å². The van der Waals surface area contributed by atoms with Crippen molar-refractivity contribution in [3.63, 3.8) is 0 Å². The minimum Gasteiger partial charge on any atom is -0.475 e. The van der Waals surface area contributed by atoms with E-state index >= 15 is 0 Å². The van der Waals surface area contributed by atoms with Crippen LogP contribution >= 0.6 is 0 Å². The number of alkyl halides is 3. The fourth-order valence-corrected chi connectivity index (χ4v) is 3.78. The highest BCUT2D eigenvalue weighted by atomic mass is 19.4. The summed E-state index contributed by atoms with van der Waals surface area (Å²) >= 11 is 0. The minimum absolute atomic E-state index is 0.0879. The Morgan fingerprint density at radius 2 is 1.35 bits per heavy atom. The monoisotopic (exact) mass is 380 g/mol. The van der Waals surface area contributed by atoms with Gasteiger partial charge in [0.25, 0.3) is 0 Å². The molecule has 2 rings (SSSR count). The van der Waals surface area contributed by atoms with Gasteiger partial charge in [0.05, 0.1) is 6.04 Å². The molecule has 26 heavy (non-hydrogen) atoms. The molecule has 0 radical (unpaired) electrons. The van der Waals surface area contributed by atoms with Crippen LogP contribution in [0.4, 0.5) is 13.2 Å². The summed E-state index contributed by atoms with van der Waals surface area (Å²) in [5, 5.41) is 10.3. The van der Waals surface area contributed by atoms with Gasteiger partial charge in [-0.2, -0.15) is 13.2 Å². The summed E-state index contributed by atoms with van der Waals surface area (Å²) in [6.07, 6.45) is 7.49. The molecule has 2 saturated carbocycles. The van der Waals surface area contributed by atoms with Crippen molar-refractivity contribution in [1.29, 1.82) is 0 Å². The maximum Gasteiger partial charge on any atom is 0.490 e. The summed E-state index contributed by atoms with van der Waals surface area (Å²) in [6.45, 7) is 2.15. The van der Waals surface area contributed by atoms with Crippen LogP contribution in [-0.2, 0) is 9.59 Å². The van der Waals surface area contributed by atoms with Crippen molar-refractivity contribution in [3.05, 3.63) is 0 Å². The molecule has 2 aliphatic carbocycles. The highest BCUT2D eigenvalue weighted by molar-refractivity contribution is 5.82. The second kappa shape index (κ2) is 10.7. The smallest absolute Gasteiger partial charge is 0.475 e. The lowest BCUT2D eigenvalue weighted by Gasteiger charge is -2.31. The Labute approximate surface area is 152 Å². The molecule has 0 heterocycles. The summed E-state index contributed by atoms with van der Waals surface area (Å²) < 4.78 is 31.7. The molecule has 2 aliphatic rings. The summed E-state index contributed by atoms with van der Waals surface area (Å²) in [4.78, 5) is 21.2. The Morgan fingerprint density at radius 3 is 1.73 bits per heavy atom. The average molecular weight is 380 g/mol. The minimum atomic E-state index is -5.08. The van der Waals surface area contributed by atoms with Crippen molar-refractivity contribution in [1.82, 2.24) is 5.32 Å². The number of halogens is 3. The maximum absolute atomic E-state index is 12.3. The van der Waals surface area contributed by atoms with E-state index in [1.807, 2.05) is 0 Å². The van der Waals surface area contributed by atoms with Crippen molar-refractivity contribution < 1.29 is 27.9 Å². The van der Waals surface area contributed by atoms with Crippen LogP contribution < -0.4 is 11.1 Å². The van der Waals surface area contributed by atoms with Crippen LogP contribution in [0, 0.1) is 11.8 Å². The number of hydrogen-bond donors (Lipinski definition) is 3. The van der Waals surface area contributed by atoms with Crippen LogP contribution in [0.15, 0.2) is 0 Å². The molecule has 0 aromatic rings. The Bertz CT molecular complexity index is 445. The first-order valence-corrected chi connectivity index (χ1v) is 9.49. The Kier molecular flexibility index (Phi) is 9.39. The van der Waals surface area contributed by atoms with Crippen molar-refractivity contribution in [2.75, 3.05) is 0 Å². The molecule has 0 bridgehead atoms. The van der Waals surface area contributed by atoms with E-state index < -0.39 is 12.1 Å². The zero-order valence-electron chi connectivity index (χ0n) is 15.4. The SMILES string of the molecule is CC(NC(=O)C(N)C1CCCCC1)C1CCCCC1.O=C(O)C(F)(F)F. The maximum atomic E-state index is 12.3. The fourth-order valence-electron chi connectivity index (χ4n) is 3.78. The van der Waals surface area contributed by atoms with Gasteiger partial charge in [0, 0.05) is 6.04 Å². The van der Waals surface area contributed by atoms with Crippen LogP contribution in [0.1, 0.15) is 71.1 Å². The van der Waals surface area contributed by atoms with Gasteiger partial charge >= 0.3 is 12.1 Å². The van der Waals surface area contributed by atoms with E-state index in [-0.39, 0.29) is 11.9 Å². The van der Waals surface area contributed by atoms with E-state index in [1.54, 1.807) is 0 Å². The lowest BCUT2D eigenvalue weighted by Crippen LogP contribution is -2.50. The highest BCUT2D eigenvalue weighted by Crippen LogP contribution is 2.28. The number of rotatable bonds is 4. The second-order valence-corrected chi connectivity index (χ2v) is 7.42. The summed E-state index contributed by atoms with van der Waals surface area (Å²) in [5.41, 5.74) is 6.16. The molecule has 2 atom stereocenters. The molecule has 0 aromatic heterocycles. The van der Waals surface area contributed by atoms with Crippen LogP contribution in [0.3, 0.4) is 0 Å². The van der Waals surface area contributed by atoms with Crippen LogP contribution in [0.2, 0.25) is 0 Å². The topological polar surface area (TPSA) is 92.4 Å². The Hall–Kier alpha value is -1.31.